The molecule has 2 N–H and O–H groups in total. The van der Waals surface area contributed by atoms with Crippen molar-refractivity contribution in [2.75, 3.05) is 19.8 Å². The van der Waals surface area contributed by atoms with E-state index in [2.05, 4.69) is 4.98 Å². The van der Waals surface area contributed by atoms with Gasteiger partial charge in [0, 0.05) is 38.1 Å². The number of rotatable bonds is 3. The van der Waals surface area contributed by atoms with Gasteiger partial charge in [0.2, 0.25) is 0 Å². The predicted octanol–water partition coefficient (Wildman–Crippen LogP) is 1.57. The first-order valence-electron chi connectivity index (χ1n) is 7.26. The van der Waals surface area contributed by atoms with Crippen molar-refractivity contribution in [2.45, 2.75) is 44.4 Å². The Morgan fingerprint density at radius 2 is 2.35 bits per heavy atom. The number of hydrogen-bond donors (Lipinski definition) is 1. The van der Waals surface area contributed by atoms with Gasteiger partial charge in [-0.15, -0.1) is 0 Å². The molecule has 0 radical (unpaired) electrons. The minimum Gasteiger partial charge on any atom is -0.488 e. The SMILES string of the molecule is Cc1ccc(OC2CCOC3(CCOC3)C2)c(CN)n1. The number of hydrogen-bond acceptors (Lipinski definition) is 5. The van der Waals surface area contributed by atoms with Crippen LogP contribution in [0.4, 0.5) is 0 Å². The average Bonchev–Trinajstić information content (AvgIpc) is 2.89. The summed E-state index contributed by atoms with van der Waals surface area (Å²) in [5.41, 5.74) is 7.41. The summed E-state index contributed by atoms with van der Waals surface area (Å²) in [4.78, 5) is 4.44. The van der Waals surface area contributed by atoms with Gasteiger partial charge in [0.1, 0.15) is 11.9 Å². The molecule has 0 aromatic carbocycles. The second-order valence-corrected chi connectivity index (χ2v) is 5.67. The molecule has 5 nitrogen and oxygen atoms in total. The van der Waals surface area contributed by atoms with E-state index in [9.17, 15) is 0 Å². The molecule has 20 heavy (non-hydrogen) atoms. The van der Waals surface area contributed by atoms with E-state index in [4.69, 9.17) is 19.9 Å². The molecule has 2 aliphatic heterocycles. The molecule has 3 rings (SSSR count). The maximum atomic E-state index is 6.14. The highest BCUT2D eigenvalue weighted by atomic mass is 16.6. The molecule has 1 aromatic rings. The van der Waals surface area contributed by atoms with E-state index >= 15 is 0 Å². The molecule has 1 spiro atoms. The molecule has 0 amide bonds. The van der Waals surface area contributed by atoms with Crippen LogP contribution < -0.4 is 10.5 Å². The lowest BCUT2D eigenvalue weighted by Crippen LogP contribution is -2.44. The van der Waals surface area contributed by atoms with Crippen molar-refractivity contribution in [3.05, 3.63) is 23.5 Å². The summed E-state index contributed by atoms with van der Waals surface area (Å²) in [5, 5.41) is 0. The lowest BCUT2D eigenvalue weighted by Gasteiger charge is -2.37. The molecule has 0 aliphatic carbocycles. The van der Waals surface area contributed by atoms with Crippen molar-refractivity contribution in [1.29, 1.82) is 0 Å². The van der Waals surface area contributed by atoms with Gasteiger partial charge in [-0.1, -0.05) is 0 Å². The normalized spacial score (nSPS) is 29.8. The fraction of sp³-hybridized carbons (Fsp3) is 0.667. The number of aryl methyl sites for hydroxylation is 1. The molecule has 2 unspecified atom stereocenters. The number of pyridine rings is 1. The minimum atomic E-state index is -0.135. The summed E-state index contributed by atoms with van der Waals surface area (Å²) in [6, 6.07) is 3.93. The van der Waals surface area contributed by atoms with Crippen molar-refractivity contribution >= 4 is 0 Å². The van der Waals surface area contributed by atoms with Crippen LogP contribution in [-0.4, -0.2) is 36.5 Å². The highest BCUT2D eigenvalue weighted by Gasteiger charge is 2.41. The van der Waals surface area contributed by atoms with Gasteiger partial charge >= 0.3 is 0 Å². The summed E-state index contributed by atoms with van der Waals surface area (Å²) >= 11 is 0. The maximum Gasteiger partial charge on any atom is 0.142 e. The van der Waals surface area contributed by atoms with E-state index in [1.54, 1.807) is 0 Å². The van der Waals surface area contributed by atoms with Gasteiger partial charge in [-0.3, -0.25) is 4.98 Å². The van der Waals surface area contributed by atoms with Crippen LogP contribution in [0.25, 0.3) is 0 Å². The Bertz CT molecular complexity index is 472. The molecular weight excluding hydrogens is 256 g/mol. The second kappa shape index (κ2) is 5.68. The third-order valence-corrected chi connectivity index (χ3v) is 4.07. The smallest absolute Gasteiger partial charge is 0.142 e. The third-order valence-electron chi connectivity index (χ3n) is 4.07. The Morgan fingerprint density at radius 3 is 3.10 bits per heavy atom. The zero-order valence-electron chi connectivity index (χ0n) is 11.9. The van der Waals surface area contributed by atoms with E-state index in [0.29, 0.717) is 13.2 Å². The Labute approximate surface area is 119 Å². The van der Waals surface area contributed by atoms with Crippen molar-refractivity contribution in [1.82, 2.24) is 4.98 Å². The Balaban J connectivity index is 1.71. The summed E-state index contributed by atoms with van der Waals surface area (Å²) in [6.45, 7) is 4.55. The van der Waals surface area contributed by atoms with E-state index in [0.717, 1.165) is 49.6 Å². The molecule has 0 bridgehead atoms. The van der Waals surface area contributed by atoms with Crippen LogP contribution in [0.5, 0.6) is 5.75 Å². The molecule has 110 valence electrons. The number of ether oxygens (including phenoxy) is 3. The molecule has 2 saturated heterocycles. The summed E-state index contributed by atoms with van der Waals surface area (Å²) < 4.78 is 17.5. The van der Waals surface area contributed by atoms with Crippen LogP contribution in [-0.2, 0) is 16.0 Å². The summed E-state index contributed by atoms with van der Waals surface area (Å²) in [7, 11) is 0. The largest absolute Gasteiger partial charge is 0.488 e. The molecule has 2 atom stereocenters. The van der Waals surface area contributed by atoms with E-state index < -0.39 is 0 Å². The lowest BCUT2D eigenvalue weighted by molar-refractivity contribution is -0.112. The van der Waals surface area contributed by atoms with Crippen molar-refractivity contribution < 1.29 is 14.2 Å². The van der Waals surface area contributed by atoms with E-state index in [1.165, 1.54) is 0 Å². The lowest BCUT2D eigenvalue weighted by atomic mass is 9.91. The van der Waals surface area contributed by atoms with Crippen LogP contribution in [0.2, 0.25) is 0 Å². The van der Waals surface area contributed by atoms with Crippen molar-refractivity contribution in [2.24, 2.45) is 5.73 Å². The van der Waals surface area contributed by atoms with Gasteiger partial charge in [-0.25, -0.2) is 0 Å². The number of nitrogens with two attached hydrogens (primary N) is 1. The van der Waals surface area contributed by atoms with Crippen molar-refractivity contribution in [3.63, 3.8) is 0 Å². The first-order chi connectivity index (χ1) is 9.71. The van der Waals surface area contributed by atoms with Crippen LogP contribution in [0.3, 0.4) is 0 Å². The van der Waals surface area contributed by atoms with Gasteiger partial charge in [0.15, 0.2) is 0 Å². The molecule has 2 aliphatic rings. The summed E-state index contributed by atoms with van der Waals surface area (Å²) in [6.07, 6.45) is 2.90. The third kappa shape index (κ3) is 2.80. The quantitative estimate of drug-likeness (QED) is 0.909. The standard InChI is InChI=1S/C15H22N2O3/c1-11-2-3-14(13(9-16)17-11)20-12-4-6-19-15(8-12)5-7-18-10-15/h2-3,12H,4-10,16H2,1H3. The summed E-state index contributed by atoms with van der Waals surface area (Å²) in [5.74, 6) is 0.805. The van der Waals surface area contributed by atoms with Crippen LogP contribution in [0.1, 0.15) is 30.7 Å². The van der Waals surface area contributed by atoms with Gasteiger partial charge in [0.25, 0.3) is 0 Å². The van der Waals surface area contributed by atoms with Gasteiger partial charge < -0.3 is 19.9 Å². The maximum absolute atomic E-state index is 6.14. The second-order valence-electron chi connectivity index (χ2n) is 5.67. The van der Waals surface area contributed by atoms with Crippen molar-refractivity contribution in [3.8, 4) is 5.75 Å². The Hall–Kier alpha value is -1.17. The molecule has 0 saturated carbocycles. The first-order valence-corrected chi connectivity index (χ1v) is 7.26. The zero-order valence-corrected chi connectivity index (χ0v) is 11.9. The van der Waals surface area contributed by atoms with Crippen LogP contribution in [0, 0.1) is 6.92 Å². The number of aromatic nitrogens is 1. The van der Waals surface area contributed by atoms with Crippen LogP contribution >= 0.6 is 0 Å². The fourth-order valence-corrected chi connectivity index (χ4v) is 2.98. The Morgan fingerprint density at radius 1 is 1.45 bits per heavy atom. The highest BCUT2D eigenvalue weighted by molar-refractivity contribution is 5.29. The van der Waals surface area contributed by atoms with E-state index in [-0.39, 0.29) is 11.7 Å². The van der Waals surface area contributed by atoms with Crippen LogP contribution in [0.15, 0.2) is 12.1 Å². The van der Waals surface area contributed by atoms with Gasteiger partial charge in [-0.2, -0.15) is 0 Å². The van der Waals surface area contributed by atoms with Gasteiger partial charge in [0.05, 0.1) is 24.5 Å². The Kier molecular flexibility index (Phi) is 3.92. The van der Waals surface area contributed by atoms with E-state index in [1.807, 2.05) is 19.1 Å². The van der Waals surface area contributed by atoms with Gasteiger partial charge in [-0.05, 0) is 19.1 Å². The minimum absolute atomic E-state index is 0.135. The molecule has 1 aromatic heterocycles. The molecule has 3 heterocycles. The number of nitrogens with zero attached hydrogens (tertiary/aromatic N) is 1. The first kappa shape index (κ1) is 13.8. The molecular formula is C15H22N2O3. The fourth-order valence-electron chi connectivity index (χ4n) is 2.98. The average molecular weight is 278 g/mol. The molecule has 2 fully saturated rings. The zero-order chi connectivity index (χ0) is 14.0. The molecule has 5 heteroatoms. The monoisotopic (exact) mass is 278 g/mol. The highest BCUT2D eigenvalue weighted by Crippen LogP contribution is 2.34. The predicted molar refractivity (Wildman–Crippen MR) is 74.6 cm³/mol. The topological polar surface area (TPSA) is 66.6 Å².